The van der Waals surface area contributed by atoms with E-state index in [9.17, 15) is 0 Å². The van der Waals surface area contributed by atoms with Gasteiger partial charge in [-0.1, -0.05) is 27.2 Å². The zero-order valence-corrected chi connectivity index (χ0v) is 11.3. The van der Waals surface area contributed by atoms with Crippen molar-refractivity contribution in [2.75, 3.05) is 26.3 Å². The molecule has 0 radical (unpaired) electrons. The lowest BCUT2D eigenvalue weighted by molar-refractivity contribution is 0.113. The van der Waals surface area contributed by atoms with Gasteiger partial charge in [0.2, 0.25) is 0 Å². The van der Waals surface area contributed by atoms with Gasteiger partial charge >= 0.3 is 0 Å². The van der Waals surface area contributed by atoms with Gasteiger partial charge in [-0.3, -0.25) is 0 Å². The molecule has 16 heavy (non-hydrogen) atoms. The van der Waals surface area contributed by atoms with Crippen LogP contribution in [0.3, 0.4) is 0 Å². The van der Waals surface area contributed by atoms with E-state index in [1.54, 1.807) is 0 Å². The predicted octanol–water partition coefficient (Wildman–Crippen LogP) is 3.22. The van der Waals surface area contributed by atoms with E-state index in [0.29, 0.717) is 5.41 Å². The zero-order chi connectivity index (χ0) is 11.9. The molecule has 0 atom stereocenters. The average Bonchev–Trinajstić information content (AvgIpc) is 2.98. The number of unbranched alkanes of at least 4 members (excludes halogenated alkanes) is 1. The first-order valence-corrected chi connectivity index (χ1v) is 6.97. The molecule has 1 saturated carbocycles. The van der Waals surface area contributed by atoms with Gasteiger partial charge < -0.3 is 10.1 Å². The molecule has 0 saturated heterocycles. The van der Waals surface area contributed by atoms with Crippen molar-refractivity contribution in [2.24, 2.45) is 11.3 Å². The third-order valence-electron chi connectivity index (χ3n) is 3.43. The molecule has 1 aliphatic rings. The molecule has 0 amide bonds. The second kappa shape index (κ2) is 7.29. The van der Waals surface area contributed by atoms with Crippen LogP contribution in [0, 0.1) is 11.3 Å². The van der Waals surface area contributed by atoms with E-state index in [4.69, 9.17) is 4.74 Å². The lowest BCUT2D eigenvalue weighted by atomic mass is 10.0. The molecule has 96 valence electrons. The molecule has 0 spiro atoms. The Kier molecular flexibility index (Phi) is 6.37. The number of rotatable bonds is 10. The van der Waals surface area contributed by atoms with Gasteiger partial charge in [0.15, 0.2) is 0 Å². The van der Waals surface area contributed by atoms with Crippen molar-refractivity contribution < 1.29 is 4.74 Å². The van der Waals surface area contributed by atoms with Gasteiger partial charge in [-0.15, -0.1) is 0 Å². The first kappa shape index (κ1) is 14.0. The smallest absolute Gasteiger partial charge is 0.0471 e. The second-order valence-corrected chi connectivity index (χ2v) is 5.74. The summed E-state index contributed by atoms with van der Waals surface area (Å²) in [4.78, 5) is 0. The lowest BCUT2D eigenvalue weighted by Gasteiger charge is -2.17. The molecule has 2 heteroatoms. The van der Waals surface area contributed by atoms with Crippen molar-refractivity contribution >= 4 is 0 Å². The van der Waals surface area contributed by atoms with Crippen molar-refractivity contribution in [1.29, 1.82) is 0 Å². The minimum absolute atomic E-state index is 0.598. The summed E-state index contributed by atoms with van der Waals surface area (Å²) in [6.07, 6.45) is 6.49. The minimum Gasteiger partial charge on any atom is -0.381 e. The first-order chi connectivity index (χ1) is 7.68. The summed E-state index contributed by atoms with van der Waals surface area (Å²) in [6.45, 7) is 11.0. The van der Waals surface area contributed by atoms with Gasteiger partial charge in [-0.25, -0.2) is 0 Å². The highest BCUT2D eigenvalue weighted by atomic mass is 16.5. The highest BCUT2D eigenvalue weighted by Gasteiger charge is 2.41. The van der Waals surface area contributed by atoms with Gasteiger partial charge in [0.1, 0.15) is 0 Å². The van der Waals surface area contributed by atoms with Crippen molar-refractivity contribution in [3.05, 3.63) is 0 Å². The maximum atomic E-state index is 5.65. The highest BCUT2D eigenvalue weighted by molar-refractivity contribution is 4.94. The van der Waals surface area contributed by atoms with Crippen LogP contribution in [0.4, 0.5) is 0 Å². The molecule has 0 heterocycles. The first-order valence-electron chi connectivity index (χ1n) is 6.97. The minimum atomic E-state index is 0.598. The normalized spacial score (nSPS) is 18.0. The van der Waals surface area contributed by atoms with Crippen LogP contribution in [-0.4, -0.2) is 26.3 Å². The molecule has 0 aliphatic heterocycles. The Balaban J connectivity index is 1.97. The third-order valence-corrected chi connectivity index (χ3v) is 3.43. The Bertz CT molecular complexity index is 176. The number of hydrogen-bond donors (Lipinski definition) is 1. The fraction of sp³-hybridized carbons (Fsp3) is 1.00. The van der Waals surface area contributed by atoms with Gasteiger partial charge in [-0.05, 0) is 43.6 Å². The van der Waals surface area contributed by atoms with E-state index in [0.717, 1.165) is 25.7 Å². The quantitative estimate of drug-likeness (QED) is 0.579. The van der Waals surface area contributed by atoms with Crippen molar-refractivity contribution in [2.45, 2.75) is 52.9 Å². The highest BCUT2D eigenvalue weighted by Crippen LogP contribution is 2.48. The van der Waals surface area contributed by atoms with E-state index in [-0.39, 0.29) is 0 Å². The van der Waals surface area contributed by atoms with Gasteiger partial charge in [-0.2, -0.15) is 0 Å². The third kappa shape index (κ3) is 5.86. The molecule has 1 aliphatic carbocycles. The van der Waals surface area contributed by atoms with Gasteiger partial charge in [0.05, 0.1) is 0 Å². The Morgan fingerprint density at radius 2 is 2.00 bits per heavy atom. The Hall–Kier alpha value is -0.0800. The van der Waals surface area contributed by atoms with Gasteiger partial charge in [0, 0.05) is 19.8 Å². The van der Waals surface area contributed by atoms with Crippen molar-refractivity contribution in [1.82, 2.24) is 5.32 Å². The van der Waals surface area contributed by atoms with E-state index in [1.807, 2.05) is 0 Å². The standard InChI is InChI=1S/C14H29NO/c1-4-5-9-16-10-8-14(6-7-14)12-15-11-13(2)3/h13,15H,4-12H2,1-3H3. The van der Waals surface area contributed by atoms with Crippen LogP contribution < -0.4 is 5.32 Å². The molecule has 1 N–H and O–H groups in total. The lowest BCUT2D eigenvalue weighted by Crippen LogP contribution is -2.28. The molecular weight excluding hydrogens is 198 g/mol. The molecule has 1 fully saturated rings. The van der Waals surface area contributed by atoms with Crippen molar-refractivity contribution in [3.63, 3.8) is 0 Å². The monoisotopic (exact) mass is 227 g/mol. The van der Waals surface area contributed by atoms with Crippen LogP contribution in [0.5, 0.6) is 0 Å². The number of nitrogens with one attached hydrogen (secondary N) is 1. The van der Waals surface area contributed by atoms with Crippen LogP contribution in [-0.2, 0) is 4.74 Å². The second-order valence-electron chi connectivity index (χ2n) is 5.74. The summed E-state index contributed by atoms with van der Waals surface area (Å²) in [5.74, 6) is 0.761. The summed E-state index contributed by atoms with van der Waals surface area (Å²) < 4.78 is 5.65. The molecular formula is C14H29NO. The van der Waals surface area contributed by atoms with Crippen LogP contribution in [0.1, 0.15) is 52.9 Å². The summed E-state index contributed by atoms with van der Waals surface area (Å²) in [6, 6.07) is 0. The van der Waals surface area contributed by atoms with Crippen LogP contribution in [0.25, 0.3) is 0 Å². The number of hydrogen-bond acceptors (Lipinski definition) is 2. The molecule has 0 aromatic carbocycles. The van der Waals surface area contributed by atoms with Crippen molar-refractivity contribution in [3.8, 4) is 0 Å². The van der Waals surface area contributed by atoms with Gasteiger partial charge in [0.25, 0.3) is 0 Å². The van der Waals surface area contributed by atoms with Crippen LogP contribution >= 0.6 is 0 Å². The Labute approximate surface area is 101 Å². The fourth-order valence-electron chi connectivity index (χ4n) is 1.96. The van der Waals surface area contributed by atoms with E-state index in [2.05, 4.69) is 26.1 Å². The molecule has 2 nitrogen and oxygen atoms in total. The number of ether oxygens (including phenoxy) is 1. The molecule has 0 unspecified atom stereocenters. The molecule has 0 aromatic heterocycles. The van der Waals surface area contributed by atoms with E-state index >= 15 is 0 Å². The zero-order valence-electron chi connectivity index (χ0n) is 11.3. The molecule has 0 bridgehead atoms. The summed E-state index contributed by atoms with van der Waals surface area (Å²) in [5, 5.41) is 3.58. The Morgan fingerprint density at radius 1 is 1.25 bits per heavy atom. The predicted molar refractivity (Wildman–Crippen MR) is 69.7 cm³/mol. The summed E-state index contributed by atoms with van der Waals surface area (Å²) >= 11 is 0. The molecule has 1 rings (SSSR count). The topological polar surface area (TPSA) is 21.3 Å². The van der Waals surface area contributed by atoms with Crippen LogP contribution in [0.2, 0.25) is 0 Å². The SMILES string of the molecule is CCCCOCCC1(CNCC(C)C)CC1. The maximum absolute atomic E-state index is 5.65. The largest absolute Gasteiger partial charge is 0.381 e. The van der Waals surface area contributed by atoms with E-state index in [1.165, 1.54) is 38.6 Å². The Morgan fingerprint density at radius 3 is 2.56 bits per heavy atom. The summed E-state index contributed by atoms with van der Waals surface area (Å²) in [7, 11) is 0. The maximum Gasteiger partial charge on any atom is 0.0471 e. The average molecular weight is 227 g/mol. The summed E-state index contributed by atoms with van der Waals surface area (Å²) in [5.41, 5.74) is 0.598. The fourth-order valence-corrected chi connectivity index (χ4v) is 1.96. The molecule has 0 aromatic rings. The van der Waals surface area contributed by atoms with Crippen LogP contribution in [0.15, 0.2) is 0 Å². The van der Waals surface area contributed by atoms with E-state index < -0.39 is 0 Å².